The fourth-order valence-electron chi connectivity index (χ4n) is 3.68. The highest BCUT2D eigenvalue weighted by Crippen LogP contribution is 2.34. The second-order valence-corrected chi connectivity index (χ2v) is 7.73. The molecule has 6 nitrogen and oxygen atoms in total. The fraction of sp³-hybridized carbons (Fsp3) is 0.154. The van der Waals surface area contributed by atoms with Gasteiger partial charge in [-0.2, -0.15) is 13.2 Å². The maximum atomic E-state index is 13.1. The van der Waals surface area contributed by atoms with Gasteiger partial charge in [0, 0.05) is 12.7 Å². The first-order valence-electron chi connectivity index (χ1n) is 10.8. The molecule has 0 radical (unpaired) electrons. The third kappa shape index (κ3) is 5.88. The van der Waals surface area contributed by atoms with Crippen LogP contribution in [-0.2, 0) is 12.6 Å². The van der Waals surface area contributed by atoms with E-state index in [0.717, 1.165) is 17.7 Å². The average molecular weight is 481 g/mol. The normalized spacial score (nSPS) is 11.3. The first-order chi connectivity index (χ1) is 16.8. The van der Waals surface area contributed by atoms with E-state index in [0.29, 0.717) is 34.0 Å². The third-order valence-electron chi connectivity index (χ3n) is 5.22. The molecule has 3 N–H and O–H groups in total. The second-order valence-electron chi connectivity index (χ2n) is 7.73. The third-order valence-corrected chi connectivity index (χ3v) is 5.22. The molecule has 0 saturated heterocycles. The topological polar surface area (TPSA) is 87.4 Å². The van der Waals surface area contributed by atoms with Crippen molar-refractivity contribution < 1.29 is 27.5 Å². The summed E-state index contributed by atoms with van der Waals surface area (Å²) in [5.41, 5.74) is 2.01. The summed E-state index contributed by atoms with van der Waals surface area (Å²) in [6, 6.07) is 17.2. The number of aliphatic hydroxyl groups is 1. The summed E-state index contributed by atoms with van der Waals surface area (Å²) in [5, 5.41) is 14.9. The van der Waals surface area contributed by atoms with Crippen LogP contribution in [0.3, 0.4) is 0 Å². The molecule has 0 unspecified atom stereocenters. The van der Waals surface area contributed by atoms with Gasteiger partial charge in [0.15, 0.2) is 0 Å². The molecule has 1 amide bonds. The zero-order chi connectivity index (χ0) is 24.8. The number of aliphatic hydroxyl groups excluding tert-OH is 1. The van der Waals surface area contributed by atoms with Crippen molar-refractivity contribution in [2.75, 3.05) is 18.5 Å². The molecule has 4 aromatic rings. The Morgan fingerprint density at radius 3 is 2.54 bits per heavy atom. The monoisotopic (exact) mass is 481 g/mol. The SMILES string of the molecule is O=C(NCCO)c1cccc(Nc2cc(Cc3cccc(C(F)(F)F)c3)ccn2)c1-c1ccco1. The van der Waals surface area contributed by atoms with Crippen LogP contribution in [0.5, 0.6) is 0 Å². The number of hydrogen-bond donors (Lipinski definition) is 3. The molecule has 0 aliphatic heterocycles. The van der Waals surface area contributed by atoms with Crippen molar-refractivity contribution in [3.05, 3.63) is 101 Å². The average Bonchev–Trinajstić information content (AvgIpc) is 3.37. The summed E-state index contributed by atoms with van der Waals surface area (Å²) in [6.45, 7) is -0.0877. The lowest BCUT2D eigenvalue weighted by molar-refractivity contribution is -0.137. The van der Waals surface area contributed by atoms with Crippen molar-refractivity contribution in [1.29, 1.82) is 0 Å². The number of hydrogen-bond acceptors (Lipinski definition) is 5. The van der Waals surface area contributed by atoms with E-state index in [1.165, 1.54) is 12.3 Å². The number of benzene rings is 2. The summed E-state index contributed by atoms with van der Waals surface area (Å²) >= 11 is 0. The van der Waals surface area contributed by atoms with E-state index in [2.05, 4.69) is 15.6 Å². The van der Waals surface area contributed by atoms with Gasteiger partial charge in [0.05, 0.1) is 35.2 Å². The van der Waals surface area contributed by atoms with Crippen molar-refractivity contribution in [3.63, 3.8) is 0 Å². The summed E-state index contributed by atoms with van der Waals surface area (Å²) < 4.78 is 44.7. The van der Waals surface area contributed by atoms with Gasteiger partial charge in [-0.15, -0.1) is 0 Å². The molecule has 0 fully saturated rings. The highest BCUT2D eigenvalue weighted by Gasteiger charge is 2.30. The largest absolute Gasteiger partial charge is 0.464 e. The quantitative estimate of drug-likeness (QED) is 0.313. The number of nitrogens with one attached hydrogen (secondary N) is 2. The molecule has 2 aromatic carbocycles. The molecule has 180 valence electrons. The van der Waals surface area contributed by atoms with Crippen LogP contribution in [-0.4, -0.2) is 29.1 Å². The molecule has 0 saturated carbocycles. The van der Waals surface area contributed by atoms with Gasteiger partial charge in [-0.3, -0.25) is 4.79 Å². The molecule has 0 aliphatic carbocycles. The van der Waals surface area contributed by atoms with Gasteiger partial charge >= 0.3 is 6.18 Å². The molecule has 35 heavy (non-hydrogen) atoms. The van der Waals surface area contributed by atoms with Crippen LogP contribution in [0.15, 0.2) is 83.6 Å². The highest BCUT2D eigenvalue weighted by atomic mass is 19.4. The second kappa shape index (κ2) is 10.4. The number of carbonyl (C=O) groups excluding carboxylic acids is 1. The number of nitrogens with zero attached hydrogens (tertiary/aromatic N) is 1. The number of aromatic nitrogens is 1. The van der Waals surface area contributed by atoms with Gasteiger partial charge < -0.3 is 20.2 Å². The molecule has 9 heteroatoms. The molecule has 2 aromatic heterocycles. The Hall–Kier alpha value is -4.11. The van der Waals surface area contributed by atoms with Crippen LogP contribution in [0.2, 0.25) is 0 Å². The minimum absolute atomic E-state index is 0.104. The zero-order valence-corrected chi connectivity index (χ0v) is 18.5. The van der Waals surface area contributed by atoms with Crippen molar-refractivity contribution in [2.45, 2.75) is 12.6 Å². The number of alkyl halides is 3. The van der Waals surface area contributed by atoms with E-state index in [4.69, 9.17) is 9.52 Å². The van der Waals surface area contributed by atoms with Crippen molar-refractivity contribution in [2.24, 2.45) is 0 Å². The molecule has 0 spiro atoms. The van der Waals surface area contributed by atoms with E-state index >= 15 is 0 Å². The number of rotatable bonds is 8. The van der Waals surface area contributed by atoms with E-state index in [-0.39, 0.29) is 25.5 Å². The predicted molar refractivity (Wildman–Crippen MR) is 125 cm³/mol. The standard InChI is InChI=1S/C26H22F3N3O3/c27-26(28,29)19-5-1-4-17(15-19)14-18-9-10-30-23(16-18)32-21-7-2-6-20(25(34)31-11-12-33)24(21)22-8-3-13-35-22/h1-10,13,15-16,33H,11-12,14H2,(H,30,32)(H,31,34). The lowest BCUT2D eigenvalue weighted by atomic mass is 10.0. The Morgan fingerprint density at radius 1 is 1.00 bits per heavy atom. The van der Waals surface area contributed by atoms with Gasteiger partial charge in [-0.25, -0.2) is 4.98 Å². The Balaban J connectivity index is 1.63. The number of pyridine rings is 1. The number of carbonyl (C=O) groups is 1. The smallest absolute Gasteiger partial charge is 0.416 e. The number of amides is 1. The predicted octanol–water partition coefficient (Wildman–Crippen LogP) is 5.42. The minimum Gasteiger partial charge on any atom is -0.464 e. The molecular weight excluding hydrogens is 459 g/mol. The van der Waals surface area contributed by atoms with Gasteiger partial charge in [0.1, 0.15) is 11.6 Å². The Kier molecular flexibility index (Phi) is 7.17. The van der Waals surface area contributed by atoms with E-state index in [1.807, 2.05) is 0 Å². The molecule has 4 rings (SSSR count). The van der Waals surface area contributed by atoms with E-state index in [1.54, 1.807) is 54.7 Å². The molecule has 0 aliphatic rings. The Bertz CT molecular complexity index is 1300. The lowest BCUT2D eigenvalue weighted by Crippen LogP contribution is -2.27. The van der Waals surface area contributed by atoms with Crippen LogP contribution in [0.25, 0.3) is 11.3 Å². The minimum atomic E-state index is -4.41. The molecular formula is C26H22F3N3O3. The van der Waals surface area contributed by atoms with Crippen LogP contribution < -0.4 is 10.6 Å². The summed E-state index contributed by atoms with van der Waals surface area (Å²) in [6.07, 6.45) is -1.06. The van der Waals surface area contributed by atoms with Crippen molar-refractivity contribution >= 4 is 17.4 Å². The number of halogens is 3. The maximum Gasteiger partial charge on any atom is 0.416 e. The van der Waals surface area contributed by atoms with Crippen LogP contribution >= 0.6 is 0 Å². The highest BCUT2D eigenvalue weighted by molar-refractivity contribution is 6.03. The van der Waals surface area contributed by atoms with Crippen molar-refractivity contribution in [3.8, 4) is 11.3 Å². The van der Waals surface area contributed by atoms with Crippen molar-refractivity contribution in [1.82, 2.24) is 10.3 Å². The van der Waals surface area contributed by atoms with Crippen LogP contribution in [0, 0.1) is 0 Å². The first kappa shape index (κ1) is 24.0. The molecule has 0 bridgehead atoms. The summed E-state index contributed by atoms with van der Waals surface area (Å²) in [7, 11) is 0. The van der Waals surface area contributed by atoms with Gasteiger partial charge in [0.25, 0.3) is 5.91 Å². The Labute approximate surface area is 199 Å². The number of anilines is 2. The Morgan fingerprint density at radius 2 is 1.80 bits per heavy atom. The maximum absolute atomic E-state index is 13.1. The van der Waals surface area contributed by atoms with Gasteiger partial charge in [-0.1, -0.05) is 24.3 Å². The molecule has 2 heterocycles. The number of furan rings is 1. The van der Waals surface area contributed by atoms with Gasteiger partial charge in [0.2, 0.25) is 0 Å². The zero-order valence-electron chi connectivity index (χ0n) is 18.5. The lowest BCUT2D eigenvalue weighted by Gasteiger charge is -2.15. The fourth-order valence-corrected chi connectivity index (χ4v) is 3.68. The van der Waals surface area contributed by atoms with Crippen LogP contribution in [0.1, 0.15) is 27.0 Å². The first-order valence-corrected chi connectivity index (χ1v) is 10.8. The van der Waals surface area contributed by atoms with E-state index in [9.17, 15) is 18.0 Å². The summed E-state index contributed by atoms with van der Waals surface area (Å²) in [5.74, 6) is 0.540. The van der Waals surface area contributed by atoms with Crippen LogP contribution in [0.4, 0.5) is 24.7 Å². The van der Waals surface area contributed by atoms with E-state index < -0.39 is 11.7 Å². The molecule has 0 atom stereocenters. The van der Waals surface area contributed by atoms with Gasteiger partial charge in [-0.05, 0) is 60.0 Å². The summed E-state index contributed by atoms with van der Waals surface area (Å²) in [4.78, 5) is 17.0.